The second kappa shape index (κ2) is 16.8. The molecule has 1 unspecified atom stereocenters. The van der Waals surface area contributed by atoms with Crippen LogP contribution in [0.3, 0.4) is 0 Å². The molecule has 0 amide bonds. The summed E-state index contributed by atoms with van der Waals surface area (Å²) in [7, 11) is 2.91. The molecule has 1 aliphatic rings. The van der Waals surface area contributed by atoms with E-state index in [0.717, 1.165) is 25.2 Å². The smallest absolute Gasteiger partial charge is 0.193 e. The first-order valence-corrected chi connectivity index (χ1v) is 15.3. The lowest BCUT2D eigenvalue weighted by molar-refractivity contribution is 0.104. The zero-order valence-electron chi connectivity index (χ0n) is 25.9. The molecule has 44 heavy (non-hydrogen) atoms. The number of phenolic OH excluding ortho intramolecular Hbond substituents is 1. The molecular weight excluding hydrogens is 592 g/mol. The molecule has 1 atom stereocenters. The van der Waals surface area contributed by atoms with Gasteiger partial charge in [-0.3, -0.25) is 9.69 Å². The average Bonchev–Trinajstić information content (AvgIpc) is 3.04. The van der Waals surface area contributed by atoms with Crippen molar-refractivity contribution in [2.24, 2.45) is 0 Å². The molecule has 4 aromatic carbocycles. The van der Waals surface area contributed by atoms with Crippen LogP contribution in [0.2, 0.25) is 0 Å². The molecule has 0 radical (unpaired) electrons. The molecule has 0 fully saturated rings. The van der Waals surface area contributed by atoms with E-state index in [9.17, 15) is 9.90 Å². The lowest BCUT2D eigenvalue weighted by Crippen LogP contribution is -2.41. The quantitative estimate of drug-likeness (QED) is 0.139. The number of carbonyl (C=O) groups is 1. The molecule has 4 aromatic rings. The third-order valence-corrected chi connectivity index (χ3v) is 8.53. The van der Waals surface area contributed by atoms with E-state index in [4.69, 9.17) is 9.47 Å². The molecule has 0 saturated carbocycles. The summed E-state index contributed by atoms with van der Waals surface area (Å²) in [6, 6.07) is 30.4. The first-order chi connectivity index (χ1) is 20.9. The summed E-state index contributed by atoms with van der Waals surface area (Å²) >= 11 is 1.88. The van der Waals surface area contributed by atoms with Crippen molar-refractivity contribution in [3.63, 3.8) is 0 Å². The number of ketones is 1. The van der Waals surface area contributed by atoms with Gasteiger partial charge in [0.05, 0.1) is 25.6 Å². The van der Waals surface area contributed by atoms with Crippen molar-refractivity contribution in [2.75, 3.05) is 38.8 Å². The molecule has 0 saturated heterocycles. The van der Waals surface area contributed by atoms with E-state index in [0.29, 0.717) is 11.8 Å². The average molecular weight is 633 g/mol. The lowest BCUT2D eigenvalue weighted by atomic mass is 10.1. The standard InChI is InChI=1S/C19H24N2S.C17H16O4.ClH/c1-4-20(5-2)15(3)14-21-16-10-6-8-12-18(16)22-19-13-9-7-11-17(19)21;1-20-13-10-15(19)17(16(11-13)21-2)14(18)9-8-12-6-4-3-5-7-12;/h6-13,15H,4-5,14H2,1-3H3;3-11,19H,1-2H3;1H. The largest absolute Gasteiger partial charge is 0.507 e. The fraction of sp³-hybridized carbons (Fsp3) is 0.250. The third kappa shape index (κ3) is 8.38. The topological polar surface area (TPSA) is 62.2 Å². The minimum Gasteiger partial charge on any atom is -0.507 e. The number of hydrogen-bond donors (Lipinski definition) is 1. The number of phenols is 1. The van der Waals surface area contributed by atoms with Gasteiger partial charge in [0, 0.05) is 34.5 Å². The van der Waals surface area contributed by atoms with Gasteiger partial charge in [-0.1, -0.05) is 86.3 Å². The van der Waals surface area contributed by atoms with Crippen molar-refractivity contribution in [1.29, 1.82) is 0 Å². The monoisotopic (exact) mass is 632 g/mol. The third-order valence-electron chi connectivity index (χ3n) is 7.40. The van der Waals surface area contributed by atoms with Gasteiger partial charge in [0.25, 0.3) is 0 Å². The zero-order valence-corrected chi connectivity index (χ0v) is 27.5. The number of benzene rings is 4. The van der Waals surface area contributed by atoms with Crippen LogP contribution in [-0.4, -0.2) is 55.7 Å². The van der Waals surface area contributed by atoms with Gasteiger partial charge >= 0.3 is 0 Å². The second-order valence-corrected chi connectivity index (χ2v) is 11.1. The maximum atomic E-state index is 12.3. The Kier molecular flexibility index (Phi) is 13.2. The SMILES string of the molecule is CCN(CC)C(C)CN1c2ccccc2Sc2ccccc21.COc1cc(O)c(C(=O)C=Cc2ccccc2)c(OC)c1.Cl. The van der Waals surface area contributed by atoms with E-state index in [1.54, 1.807) is 12.1 Å². The van der Waals surface area contributed by atoms with E-state index < -0.39 is 0 Å². The number of hydrogen-bond acceptors (Lipinski definition) is 7. The van der Waals surface area contributed by atoms with Gasteiger partial charge in [0.15, 0.2) is 5.78 Å². The molecule has 1 heterocycles. The fourth-order valence-electron chi connectivity index (χ4n) is 5.13. The predicted octanol–water partition coefficient (Wildman–Crippen LogP) is 8.75. The van der Waals surface area contributed by atoms with E-state index >= 15 is 0 Å². The van der Waals surface area contributed by atoms with Crippen LogP contribution in [0.4, 0.5) is 11.4 Å². The van der Waals surface area contributed by atoms with Crippen LogP contribution >= 0.6 is 24.2 Å². The van der Waals surface area contributed by atoms with Gasteiger partial charge in [-0.15, -0.1) is 12.4 Å². The normalized spacial score (nSPS) is 12.4. The number of carbonyl (C=O) groups excluding carboxylic acids is 1. The van der Waals surface area contributed by atoms with Crippen molar-refractivity contribution in [2.45, 2.75) is 36.6 Å². The molecule has 0 spiro atoms. The number of para-hydroxylation sites is 2. The Bertz CT molecular complexity index is 1500. The van der Waals surface area contributed by atoms with E-state index in [1.807, 2.05) is 42.1 Å². The second-order valence-electron chi connectivity index (χ2n) is 10.1. The van der Waals surface area contributed by atoms with Gasteiger partial charge in [-0.2, -0.15) is 0 Å². The molecule has 232 valence electrons. The molecular formula is C36H41ClN2O4S. The first-order valence-electron chi connectivity index (χ1n) is 14.5. The Morgan fingerprint density at radius 3 is 2.00 bits per heavy atom. The van der Waals surface area contributed by atoms with Crippen molar-refractivity contribution in [3.8, 4) is 17.2 Å². The number of nitrogens with zero attached hydrogens (tertiary/aromatic N) is 2. The van der Waals surface area contributed by atoms with Crippen LogP contribution < -0.4 is 14.4 Å². The Hall–Kier alpha value is -3.91. The summed E-state index contributed by atoms with van der Waals surface area (Å²) in [6.45, 7) is 10.0. The van der Waals surface area contributed by atoms with Crippen molar-refractivity contribution in [3.05, 3.63) is 108 Å². The van der Waals surface area contributed by atoms with Crippen molar-refractivity contribution in [1.82, 2.24) is 4.90 Å². The van der Waals surface area contributed by atoms with Gasteiger partial charge in [-0.25, -0.2) is 0 Å². The highest BCUT2D eigenvalue weighted by Crippen LogP contribution is 2.47. The Labute approximate surface area is 271 Å². The van der Waals surface area contributed by atoms with E-state index in [1.165, 1.54) is 47.5 Å². The van der Waals surface area contributed by atoms with Gasteiger partial charge in [-0.05, 0) is 55.9 Å². The minimum atomic E-state index is -0.337. The number of fused-ring (bicyclic) bond motifs is 2. The highest BCUT2D eigenvalue weighted by molar-refractivity contribution is 7.99. The first kappa shape index (κ1) is 34.6. The zero-order chi connectivity index (χ0) is 30.8. The van der Waals surface area contributed by atoms with Gasteiger partial charge in [0.2, 0.25) is 0 Å². The summed E-state index contributed by atoms with van der Waals surface area (Å²) in [5, 5.41) is 9.99. The number of likely N-dealkylation sites (N-methyl/N-ethyl adjacent to an activating group) is 1. The highest BCUT2D eigenvalue weighted by Gasteiger charge is 2.25. The Morgan fingerprint density at radius 2 is 1.45 bits per heavy atom. The van der Waals surface area contributed by atoms with Gasteiger partial charge in [0.1, 0.15) is 22.8 Å². The molecule has 0 aromatic heterocycles. The molecule has 5 rings (SSSR count). The fourth-order valence-corrected chi connectivity index (χ4v) is 6.22. The number of methoxy groups -OCH3 is 2. The maximum absolute atomic E-state index is 12.3. The number of allylic oxidation sites excluding steroid dienone is 1. The molecule has 1 aliphatic heterocycles. The predicted molar refractivity (Wildman–Crippen MR) is 185 cm³/mol. The van der Waals surface area contributed by atoms with Crippen LogP contribution in [-0.2, 0) is 0 Å². The van der Waals surface area contributed by atoms with E-state index in [-0.39, 0.29) is 35.3 Å². The number of rotatable bonds is 10. The lowest BCUT2D eigenvalue weighted by Gasteiger charge is -2.37. The van der Waals surface area contributed by atoms with Gasteiger partial charge < -0.3 is 19.5 Å². The number of anilines is 2. The molecule has 0 bridgehead atoms. The van der Waals surface area contributed by atoms with Crippen LogP contribution in [0.25, 0.3) is 6.08 Å². The summed E-state index contributed by atoms with van der Waals surface area (Å²) in [5.74, 6) is 0.187. The Morgan fingerprint density at radius 1 is 0.886 bits per heavy atom. The molecule has 0 aliphatic carbocycles. The Balaban J connectivity index is 0.000000235. The number of halogens is 1. The van der Waals surface area contributed by atoms with Crippen LogP contribution in [0.1, 0.15) is 36.7 Å². The highest BCUT2D eigenvalue weighted by atomic mass is 35.5. The number of aromatic hydroxyl groups is 1. The summed E-state index contributed by atoms with van der Waals surface area (Å²) in [5.41, 5.74) is 3.69. The minimum absolute atomic E-state index is 0. The number of ether oxygens (including phenoxy) is 2. The molecule has 8 heteroatoms. The van der Waals surface area contributed by atoms with Crippen molar-refractivity contribution >= 4 is 47.4 Å². The van der Waals surface area contributed by atoms with Crippen LogP contribution in [0, 0.1) is 0 Å². The van der Waals surface area contributed by atoms with E-state index in [2.05, 4.69) is 79.1 Å². The van der Waals surface area contributed by atoms with Crippen LogP contribution in [0.15, 0.2) is 107 Å². The summed E-state index contributed by atoms with van der Waals surface area (Å²) in [4.78, 5) is 20.0. The summed E-state index contributed by atoms with van der Waals surface area (Å²) in [6.07, 6.45) is 3.09. The molecule has 6 nitrogen and oxygen atoms in total. The van der Waals surface area contributed by atoms with Crippen LogP contribution in [0.5, 0.6) is 17.2 Å². The summed E-state index contributed by atoms with van der Waals surface area (Å²) < 4.78 is 10.2. The van der Waals surface area contributed by atoms with Crippen molar-refractivity contribution < 1.29 is 19.4 Å². The molecule has 1 N–H and O–H groups in total. The maximum Gasteiger partial charge on any atom is 0.193 e.